The maximum absolute atomic E-state index is 13.3. The first-order valence-corrected chi connectivity index (χ1v) is 14.5. The van der Waals surface area contributed by atoms with Gasteiger partial charge in [-0.3, -0.25) is 29.0 Å². The van der Waals surface area contributed by atoms with Crippen molar-refractivity contribution in [1.29, 1.82) is 0 Å². The van der Waals surface area contributed by atoms with Gasteiger partial charge in [0.15, 0.2) is 5.78 Å². The van der Waals surface area contributed by atoms with Crippen molar-refractivity contribution >= 4 is 35.0 Å². The molecule has 2 fully saturated rings. The second-order valence-electron chi connectivity index (χ2n) is 11.1. The summed E-state index contributed by atoms with van der Waals surface area (Å²) in [6, 6.07) is 20.5. The number of amides is 2. The molecule has 2 amide bonds. The van der Waals surface area contributed by atoms with Gasteiger partial charge in [0.25, 0.3) is 11.8 Å². The lowest BCUT2D eigenvalue weighted by molar-refractivity contribution is -0.132. The maximum Gasteiger partial charge on any atom is 0.266 e. The van der Waals surface area contributed by atoms with Crippen LogP contribution < -0.4 is 4.74 Å². The minimum Gasteiger partial charge on any atom is -0.488 e. The van der Waals surface area contributed by atoms with Gasteiger partial charge in [-0.1, -0.05) is 54.1 Å². The highest BCUT2D eigenvalue weighted by Crippen LogP contribution is 2.35. The zero-order chi connectivity index (χ0) is 28.5. The topological polar surface area (TPSA) is 84.0 Å². The molecule has 2 heterocycles. The van der Waals surface area contributed by atoms with Crippen LogP contribution in [-0.4, -0.2) is 52.3 Å². The van der Waals surface area contributed by atoms with Crippen molar-refractivity contribution in [3.05, 3.63) is 99.6 Å². The smallest absolute Gasteiger partial charge is 0.266 e. The van der Waals surface area contributed by atoms with Gasteiger partial charge in [0.05, 0.1) is 23.6 Å². The predicted molar refractivity (Wildman–Crippen MR) is 154 cm³/mol. The zero-order valence-corrected chi connectivity index (χ0v) is 23.4. The average Bonchev–Trinajstić information content (AvgIpc) is 3.23. The van der Waals surface area contributed by atoms with Crippen LogP contribution in [0.25, 0.3) is 0 Å². The molecule has 1 unspecified atom stereocenters. The molecule has 2 aliphatic heterocycles. The number of imide groups is 1. The number of ether oxygens (including phenoxy) is 1. The number of likely N-dealkylation sites (tertiary alicyclic amines) is 1. The maximum atomic E-state index is 13.3. The number of hydrogen-bond donors (Lipinski definition) is 0. The second-order valence-corrected chi connectivity index (χ2v) is 11.5. The third kappa shape index (κ3) is 5.69. The molecular formula is C33H31ClN2O5. The number of fused-ring (bicyclic) bond motifs is 1. The molecule has 1 atom stereocenters. The number of Topliss-reactive ketones (excluding diaryl/α,β-unsaturated/α-hetero) is 2. The summed E-state index contributed by atoms with van der Waals surface area (Å²) >= 11 is 6.04. The highest BCUT2D eigenvalue weighted by atomic mass is 35.5. The van der Waals surface area contributed by atoms with Crippen molar-refractivity contribution < 1.29 is 23.9 Å². The number of hydrogen-bond acceptors (Lipinski definition) is 6. The van der Waals surface area contributed by atoms with E-state index in [1.54, 1.807) is 18.2 Å². The fourth-order valence-electron chi connectivity index (χ4n) is 6.13. The average molecular weight is 571 g/mol. The molecule has 7 nitrogen and oxygen atoms in total. The van der Waals surface area contributed by atoms with E-state index in [0.29, 0.717) is 11.7 Å². The van der Waals surface area contributed by atoms with E-state index >= 15 is 0 Å². The fraction of sp³-hybridized carbons (Fsp3) is 0.333. The molecule has 3 aromatic rings. The lowest BCUT2D eigenvalue weighted by Gasteiger charge is -2.32. The van der Waals surface area contributed by atoms with Crippen molar-refractivity contribution in [2.24, 2.45) is 0 Å². The van der Waals surface area contributed by atoms with Crippen LogP contribution in [0.1, 0.15) is 75.4 Å². The molecule has 3 aliphatic rings. The van der Waals surface area contributed by atoms with Gasteiger partial charge in [-0.25, -0.2) is 0 Å². The molecule has 0 aromatic heterocycles. The molecule has 3 aromatic carbocycles. The van der Waals surface area contributed by atoms with E-state index in [-0.39, 0.29) is 48.6 Å². The summed E-state index contributed by atoms with van der Waals surface area (Å²) in [6.07, 6.45) is 2.37. The molecule has 6 rings (SSSR count). The van der Waals surface area contributed by atoms with E-state index in [9.17, 15) is 19.2 Å². The van der Waals surface area contributed by atoms with Crippen LogP contribution in [0.2, 0.25) is 5.02 Å². The lowest BCUT2D eigenvalue weighted by Crippen LogP contribution is -2.47. The van der Waals surface area contributed by atoms with Gasteiger partial charge in [0.1, 0.15) is 18.1 Å². The Bertz CT molecular complexity index is 1490. The number of nitrogens with zero attached hydrogens (tertiary/aromatic N) is 2. The molecule has 1 saturated carbocycles. The lowest BCUT2D eigenvalue weighted by atomic mass is 9.89. The third-order valence-electron chi connectivity index (χ3n) is 8.41. The largest absolute Gasteiger partial charge is 0.488 e. The standard InChI is InChI=1S/C33H31ClN2O5/c34-25-10-8-23(9-11-25)24-14-16-35(17-15-24)19-21-4-6-22(7-5-21)20-41-30-3-1-2-27-31(30)33(40)36(32(27)39)28-13-12-26(37)18-29(28)38/h1-11,24,28H,12-20H2. The van der Waals surface area contributed by atoms with Crippen LogP contribution in [0.3, 0.4) is 0 Å². The highest BCUT2D eigenvalue weighted by molar-refractivity contribution is 6.30. The molecule has 1 aliphatic carbocycles. The van der Waals surface area contributed by atoms with E-state index in [4.69, 9.17) is 16.3 Å². The Morgan fingerprint density at radius 1 is 0.805 bits per heavy atom. The van der Waals surface area contributed by atoms with Gasteiger partial charge in [-0.2, -0.15) is 0 Å². The zero-order valence-electron chi connectivity index (χ0n) is 22.7. The SMILES string of the molecule is O=C1CCC(N2C(=O)c3cccc(OCc4ccc(CN5CCC(c6ccc(Cl)cc6)CC5)cc4)c3C2=O)C(=O)C1. The van der Waals surface area contributed by atoms with E-state index < -0.39 is 17.9 Å². The number of piperidine rings is 1. The van der Waals surface area contributed by atoms with Crippen LogP contribution in [0.15, 0.2) is 66.7 Å². The number of benzene rings is 3. The monoisotopic (exact) mass is 570 g/mol. The summed E-state index contributed by atoms with van der Waals surface area (Å²) in [6.45, 7) is 3.22. The van der Waals surface area contributed by atoms with Crippen LogP contribution in [0.4, 0.5) is 0 Å². The Labute approximate surface area is 244 Å². The van der Waals surface area contributed by atoms with Crippen LogP contribution in [-0.2, 0) is 22.7 Å². The van der Waals surface area contributed by atoms with Gasteiger partial charge in [0.2, 0.25) is 0 Å². The van der Waals surface area contributed by atoms with Crippen LogP contribution in [0.5, 0.6) is 5.75 Å². The Morgan fingerprint density at radius 3 is 2.22 bits per heavy atom. The van der Waals surface area contributed by atoms with E-state index in [1.165, 1.54) is 11.1 Å². The van der Waals surface area contributed by atoms with Gasteiger partial charge in [-0.15, -0.1) is 0 Å². The minimum absolute atomic E-state index is 0.156. The van der Waals surface area contributed by atoms with Crippen molar-refractivity contribution in [3.63, 3.8) is 0 Å². The van der Waals surface area contributed by atoms with Gasteiger partial charge >= 0.3 is 0 Å². The van der Waals surface area contributed by atoms with E-state index in [1.807, 2.05) is 24.3 Å². The molecule has 0 radical (unpaired) electrons. The molecular weight excluding hydrogens is 540 g/mol. The first-order chi connectivity index (χ1) is 19.9. The Balaban J connectivity index is 1.05. The van der Waals surface area contributed by atoms with Crippen molar-refractivity contribution in [2.45, 2.75) is 57.2 Å². The first-order valence-electron chi connectivity index (χ1n) is 14.1. The number of carbonyl (C=O) groups excluding carboxylic acids is 4. The molecule has 210 valence electrons. The van der Waals surface area contributed by atoms with E-state index in [0.717, 1.165) is 48.0 Å². The van der Waals surface area contributed by atoms with Crippen molar-refractivity contribution in [2.75, 3.05) is 13.1 Å². The van der Waals surface area contributed by atoms with Crippen molar-refractivity contribution in [1.82, 2.24) is 9.80 Å². The molecule has 0 bridgehead atoms. The Kier molecular flexibility index (Phi) is 7.73. The summed E-state index contributed by atoms with van der Waals surface area (Å²) in [5, 5.41) is 0.773. The first kappa shape index (κ1) is 27.4. The summed E-state index contributed by atoms with van der Waals surface area (Å²) in [4.78, 5) is 54.0. The molecule has 0 spiro atoms. The number of rotatable bonds is 7. The van der Waals surface area contributed by atoms with Gasteiger partial charge in [-0.05, 0) is 79.2 Å². The third-order valence-corrected chi connectivity index (χ3v) is 8.66. The predicted octanol–water partition coefficient (Wildman–Crippen LogP) is 5.59. The van der Waals surface area contributed by atoms with Crippen LogP contribution >= 0.6 is 11.6 Å². The molecule has 8 heteroatoms. The summed E-state index contributed by atoms with van der Waals surface area (Å²) < 4.78 is 6.03. The fourth-order valence-corrected chi connectivity index (χ4v) is 6.25. The number of halogens is 1. The summed E-state index contributed by atoms with van der Waals surface area (Å²) in [5.74, 6) is -0.701. The summed E-state index contributed by atoms with van der Waals surface area (Å²) in [7, 11) is 0. The Hall–Kier alpha value is -3.81. The van der Waals surface area contributed by atoms with Crippen molar-refractivity contribution in [3.8, 4) is 5.75 Å². The molecule has 1 saturated heterocycles. The molecule has 41 heavy (non-hydrogen) atoms. The van der Waals surface area contributed by atoms with E-state index in [2.05, 4.69) is 29.2 Å². The van der Waals surface area contributed by atoms with Crippen LogP contribution in [0, 0.1) is 0 Å². The second kappa shape index (κ2) is 11.6. The minimum atomic E-state index is -0.899. The quantitative estimate of drug-likeness (QED) is 0.272. The molecule has 0 N–H and O–H groups in total. The van der Waals surface area contributed by atoms with Gasteiger partial charge < -0.3 is 4.74 Å². The normalized spacial score (nSPS) is 20.0. The Morgan fingerprint density at radius 2 is 1.51 bits per heavy atom. The highest BCUT2D eigenvalue weighted by Gasteiger charge is 2.45. The number of ketones is 2. The van der Waals surface area contributed by atoms with Gasteiger partial charge in [0, 0.05) is 18.0 Å². The number of carbonyl (C=O) groups is 4. The summed E-state index contributed by atoms with van der Waals surface area (Å²) in [5.41, 5.74) is 3.95.